The van der Waals surface area contributed by atoms with Gasteiger partial charge in [0.1, 0.15) is 12.4 Å². The minimum absolute atomic E-state index is 0.0684. The zero-order valence-corrected chi connectivity index (χ0v) is 19.1. The van der Waals surface area contributed by atoms with Crippen molar-refractivity contribution in [1.82, 2.24) is 14.8 Å². The number of anilines is 1. The van der Waals surface area contributed by atoms with Gasteiger partial charge in [-0.15, -0.1) is 0 Å². The lowest BCUT2D eigenvalue weighted by atomic mass is 9.75. The summed E-state index contributed by atoms with van der Waals surface area (Å²) in [6.07, 6.45) is 1.54. The number of likely N-dealkylation sites (tertiary alicyclic amines) is 2. The average Bonchev–Trinajstić information content (AvgIpc) is 3.27. The Morgan fingerprint density at radius 1 is 1.21 bits per heavy atom. The Morgan fingerprint density at radius 2 is 1.88 bits per heavy atom. The van der Waals surface area contributed by atoms with Crippen LogP contribution in [0.25, 0.3) is 0 Å². The Morgan fingerprint density at radius 3 is 2.42 bits per heavy atom. The Kier molecular flexibility index (Phi) is 5.92. The van der Waals surface area contributed by atoms with Crippen LogP contribution >= 0.6 is 0 Å². The molecule has 0 aliphatic carbocycles. The molecule has 4 heterocycles. The second kappa shape index (κ2) is 8.42. The van der Waals surface area contributed by atoms with Crippen molar-refractivity contribution in [2.45, 2.75) is 51.7 Å². The normalized spacial score (nSPS) is 22.1. The van der Waals surface area contributed by atoms with Gasteiger partial charge in [-0.2, -0.15) is 0 Å². The van der Waals surface area contributed by atoms with Gasteiger partial charge in [0.2, 0.25) is 5.91 Å². The molecule has 0 aromatic carbocycles. The van der Waals surface area contributed by atoms with Gasteiger partial charge in [-0.05, 0) is 59.2 Å². The van der Waals surface area contributed by atoms with Crippen LogP contribution in [-0.4, -0.2) is 74.7 Å². The smallest absolute Gasteiger partial charge is 0.410 e. The topological polar surface area (TPSA) is 132 Å². The van der Waals surface area contributed by atoms with Crippen molar-refractivity contribution in [3.05, 3.63) is 35.2 Å². The number of pyridine rings is 1. The van der Waals surface area contributed by atoms with E-state index < -0.39 is 23.2 Å². The van der Waals surface area contributed by atoms with Gasteiger partial charge in [0.05, 0.1) is 22.8 Å². The number of carboxylic acid groups (broad SMARTS) is 1. The highest BCUT2D eigenvalue weighted by Gasteiger charge is 2.51. The van der Waals surface area contributed by atoms with Crippen molar-refractivity contribution in [1.29, 1.82) is 0 Å². The van der Waals surface area contributed by atoms with Crippen LogP contribution in [0, 0.1) is 5.41 Å². The number of carbonyl (C=O) groups is 3. The molecule has 3 N–H and O–H groups in total. The average molecular weight is 459 g/mol. The molecule has 10 heteroatoms. The molecular formula is C23H30N4O6. The number of rotatable bonds is 5. The number of aromatic nitrogens is 1. The van der Waals surface area contributed by atoms with Gasteiger partial charge in [0.15, 0.2) is 0 Å². The summed E-state index contributed by atoms with van der Waals surface area (Å²) in [5.41, 5.74) is 0.737. The van der Waals surface area contributed by atoms with Gasteiger partial charge in [-0.1, -0.05) is 6.07 Å². The van der Waals surface area contributed by atoms with Crippen LogP contribution in [0.3, 0.4) is 0 Å². The summed E-state index contributed by atoms with van der Waals surface area (Å²) in [5, 5.41) is 22.1. The zero-order valence-electron chi connectivity index (χ0n) is 19.1. The summed E-state index contributed by atoms with van der Waals surface area (Å²) in [4.78, 5) is 43.8. The summed E-state index contributed by atoms with van der Waals surface area (Å²) in [6, 6.07) is 3.18. The Balaban J connectivity index is 1.42. The molecule has 3 aliphatic rings. The third-order valence-electron chi connectivity index (χ3n) is 7.46. The molecule has 1 aromatic rings. The van der Waals surface area contributed by atoms with Gasteiger partial charge in [0, 0.05) is 23.8 Å². The number of carbonyl (C=O) groups excluding carboxylic acids is 2. The van der Waals surface area contributed by atoms with E-state index in [1.165, 1.54) is 12.3 Å². The zero-order chi connectivity index (χ0) is 24.0. The first-order valence-corrected chi connectivity index (χ1v) is 11.1. The number of ether oxygens (including phenoxy) is 1. The first-order chi connectivity index (χ1) is 15.5. The molecule has 0 radical (unpaired) electrons. The summed E-state index contributed by atoms with van der Waals surface area (Å²) in [6.45, 7) is 7.68. The summed E-state index contributed by atoms with van der Waals surface area (Å²) < 4.78 is 5.09. The van der Waals surface area contributed by atoms with Crippen molar-refractivity contribution in [2.24, 2.45) is 5.41 Å². The number of aliphatic hydroxyl groups is 1. The Labute approximate surface area is 192 Å². The second-order valence-corrected chi connectivity index (χ2v) is 9.59. The highest BCUT2D eigenvalue weighted by Crippen LogP contribution is 2.46. The van der Waals surface area contributed by atoms with Crippen molar-refractivity contribution in [3.63, 3.8) is 0 Å². The molecule has 2 saturated heterocycles. The van der Waals surface area contributed by atoms with Crippen LogP contribution in [-0.2, 0) is 14.3 Å². The molecule has 0 bridgehead atoms. The number of nitrogens with zero attached hydrogens (tertiary/aromatic N) is 3. The third kappa shape index (κ3) is 4.08. The van der Waals surface area contributed by atoms with E-state index >= 15 is 0 Å². The van der Waals surface area contributed by atoms with Gasteiger partial charge in [-0.3, -0.25) is 15.0 Å². The highest BCUT2D eigenvalue weighted by atomic mass is 16.5. The van der Waals surface area contributed by atoms with E-state index in [1.807, 2.05) is 13.8 Å². The number of cyclic esters (lactones) is 1. The maximum atomic E-state index is 13.3. The molecule has 2 fully saturated rings. The number of hydrogen-bond donors (Lipinski definition) is 3. The minimum Gasteiger partial charge on any atom is -0.465 e. The molecule has 3 aliphatic heterocycles. The van der Waals surface area contributed by atoms with Crippen LogP contribution in [0.2, 0.25) is 0 Å². The second-order valence-electron chi connectivity index (χ2n) is 9.59. The molecule has 178 valence electrons. The number of piperidine rings is 1. The predicted molar refractivity (Wildman–Crippen MR) is 118 cm³/mol. The summed E-state index contributed by atoms with van der Waals surface area (Å²) in [5.74, 6) is -0.0929. The Bertz CT molecular complexity index is 995. The van der Waals surface area contributed by atoms with E-state index in [4.69, 9.17) is 9.84 Å². The van der Waals surface area contributed by atoms with Crippen LogP contribution < -0.4 is 5.32 Å². The van der Waals surface area contributed by atoms with Gasteiger partial charge < -0.3 is 19.8 Å². The first kappa shape index (κ1) is 23.2. The number of nitrogens with one attached hydrogen (secondary N) is 1. The van der Waals surface area contributed by atoms with E-state index in [-0.39, 0.29) is 24.3 Å². The third-order valence-corrected chi connectivity index (χ3v) is 7.46. The maximum absolute atomic E-state index is 13.3. The standard InChI is InChI=1S/C23H30N4O6/c1-14-16(13-33-19(14)29)27-11-8-23(20(27)30)6-9-26(10-7-23)22(2,3)18(28)15-4-5-17(24-12-15)25-21(31)32/h4-5,12,18,28H,6-11,13H2,1-3H3,(H,24,25)(H,31,32). The van der Waals surface area contributed by atoms with E-state index in [1.54, 1.807) is 17.9 Å². The quantitative estimate of drug-likeness (QED) is 0.572. The van der Waals surface area contributed by atoms with E-state index in [0.717, 1.165) is 6.42 Å². The van der Waals surface area contributed by atoms with Gasteiger partial charge in [-0.25, -0.2) is 14.6 Å². The molecular weight excluding hydrogens is 428 g/mol. The largest absolute Gasteiger partial charge is 0.465 e. The van der Waals surface area contributed by atoms with Crippen molar-refractivity contribution in [3.8, 4) is 0 Å². The maximum Gasteiger partial charge on any atom is 0.410 e. The SMILES string of the molecule is CC1=C(N2CCC3(CCN(C(C)(C)C(O)c4ccc(NC(=O)O)nc4)CC3)C2=O)COC1=O. The number of esters is 1. The predicted octanol–water partition coefficient (Wildman–Crippen LogP) is 2.13. The summed E-state index contributed by atoms with van der Waals surface area (Å²) in [7, 11) is 0. The lowest BCUT2D eigenvalue weighted by molar-refractivity contribution is -0.139. The molecule has 1 unspecified atom stereocenters. The molecule has 2 amide bonds. The van der Waals surface area contributed by atoms with E-state index in [9.17, 15) is 19.5 Å². The van der Waals surface area contributed by atoms with Crippen LogP contribution in [0.1, 0.15) is 51.7 Å². The van der Waals surface area contributed by atoms with Crippen molar-refractivity contribution < 1.29 is 29.3 Å². The van der Waals surface area contributed by atoms with E-state index in [0.29, 0.717) is 49.3 Å². The first-order valence-electron chi connectivity index (χ1n) is 11.1. The number of hydrogen-bond acceptors (Lipinski definition) is 7. The molecule has 4 rings (SSSR count). The highest BCUT2D eigenvalue weighted by molar-refractivity contribution is 5.94. The van der Waals surface area contributed by atoms with Crippen molar-refractivity contribution in [2.75, 3.05) is 31.6 Å². The van der Waals surface area contributed by atoms with Gasteiger partial charge in [0.25, 0.3) is 0 Å². The molecule has 1 spiro atoms. The monoisotopic (exact) mass is 458 g/mol. The lowest BCUT2D eigenvalue weighted by Crippen LogP contribution is -2.54. The number of aliphatic hydroxyl groups excluding tert-OH is 1. The molecule has 33 heavy (non-hydrogen) atoms. The lowest BCUT2D eigenvalue weighted by Gasteiger charge is -2.47. The fourth-order valence-corrected chi connectivity index (χ4v) is 5.13. The Hall–Kier alpha value is -2.98. The fourth-order valence-electron chi connectivity index (χ4n) is 5.13. The van der Waals surface area contributed by atoms with Crippen LogP contribution in [0.4, 0.5) is 10.6 Å². The van der Waals surface area contributed by atoms with Gasteiger partial charge >= 0.3 is 12.1 Å². The van der Waals surface area contributed by atoms with E-state index in [2.05, 4.69) is 15.2 Å². The van der Waals surface area contributed by atoms with Crippen LogP contribution in [0.15, 0.2) is 29.6 Å². The molecule has 10 nitrogen and oxygen atoms in total. The number of amides is 2. The molecule has 0 saturated carbocycles. The molecule has 1 atom stereocenters. The molecule has 1 aromatic heterocycles. The fraction of sp³-hybridized carbons (Fsp3) is 0.565. The van der Waals surface area contributed by atoms with Crippen molar-refractivity contribution >= 4 is 23.8 Å². The summed E-state index contributed by atoms with van der Waals surface area (Å²) >= 11 is 0. The van der Waals surface area contributed by atoms with Crippen LogP contribution in [0.5, 0.6) is 0 Å². The minimum atomic E-state index is -1.20.